The number of imidazole rings is 1. The average molecular weight is 399 g/mol. The normalized spacial score (nSPS) is 19.1. The van der Waals surface area contributed by atoms with E-state index in [1.54, 1.807) is 0 Å². The molecule has 30 heavy (non-hydrogen) atoms. The quantitative estimate of drug-likeness (QED) is 0.461. The Hall–Kier alpha value is -3.21. The number of H-pyrrole nitrogens is 1. The summed E-state index contributed by atoms with van der Waals surface area (Å²) in [6.45, 7) is 4.38. The molecular weight excluding hydrogens is 372 g/mol. The van der Waals surface area contributed by atoms with Crippen molar-refractivity contribution in [2.24, 2.45) is 5.92 Å². The predicted molar refractivity (Wildman–Crippen MR) is 119 cm³/mol. The van der Waals surface area contributed by atoms with Crippen LogP contribution in [0.4, 0.5) is 0 Å². The second-order valence-corrected chi connectivity index (χ2v) is 8.38. The Morgan fingerprint density at radius 2 is 1.73 bits per heavy atom. The van der Waals surface area contributed by atoms with Gasteiger partial charge in [0.15, 0.2) is 0 Å². The minimum Gasteiger partial charge on any atom is -0.474 e. The third-order valence-electron chi connectivity index (χ3n) is 5.99. The Bertz CT molecular complexity index is 1120. The minimum atomic E-state index is 0.291. The van der Waals surface area contributed by atoms with E-state index in [1.165, 1.54) is 12.8 Å². The summed E-state index contributed by atoms with van der Waals surface area (Å²) in [5.41, 5.74) is 5.89. The second kappa shape index (κ2) is 7.90. The van der Waals surface area contributed by atoms with E-state index in [4.69, 9.17) is 4.74 Å². The number of benzene rings is 1. The van der Waals surface area contributed by atoms with Gasteiger partial charge in [-0.15, -0.1) is 0 Å². The zero-order chi connectivity index (χ0) is 20.5. The fourth-order valence-electron chi connectivity index (χ4n) is 4.13. The number of hydrogen-bond acceptors (Lipinski definition) is 4. The highest BCUT2D eigenvalue weighted by Crippen LogP contribution is 2.29. The van der Waals surface area contributed by atoms with Crippen LogP contribution < -0.4 is 4.74 Å². The largest absolute Gasteiger partial charge is 0.474 e. The zero-order valence-corrected chi connectivity index (χ0v) is 17.4. The lowest BCUT2D eigenvalue weighted by molar-refractivity contribution is 0.129. The first-order chi connectivity index (χ1) is 14.7. The van der Waals surface area contributed by atoms with Crippen LogP contribution in [0.15, 0.2) is 54.9 Å². The van der Waals surface area contributed by atoms with Crippen LogP contribution in [0.25, 0.3) is 33.7 Å². The van der Waals surface area contributed by atoms with Crippen molar-refractivity contribution in [2.75, 3.05) is 0 Å². The zero-order valence-electron chi connectivity index (χ0n) is 17.4. The molecule has 3 heterocycles. The molecule has 152 valence electrons. The van der Waals surface area contributed by atoms with Gasteiger partial charge < -0.3 is 9.72 Å². The monoisotopic (exact) mass is 398 g/mol. The Morgan fingerprint density at radius 3 is 2.47 bits per heavy atom. The van der Waals surface area contributed by atoms with Gasteiger partial charge in [0.1, 0.15) is 11.9 Å². The number of fused-ring (bicyclic) bond motifs is 1. The van der Waals surface area contributed by atoms with Crippen molar-refractivity contribution in [3.05, 3.63) is 60.4 Å². The first-order valence-electron chi connectivity index (χ1n) is 10.7. The number of ether oxygens (including phenoxy) is 1. The Kier molecular flexibility index (Phi) is 4.95. The van der Waals surface area contributed by atoms with E-state index >= 15 is 0 Å². The van der Waals surface area contributed by atoms with Gasteiger partial charge in [-0.05, 0) is 68.9 Å². The van der Waals surface area contributed by atoms with Gasteiger partial charge in [-0.3, -0.25) is 4.98 Å². The van der Waals surface area contributed by atoms with Crippen molar-refractivity contribution in [3.8, 4) is 28.5 Å². The van der Waals surface area contributed by atoms with Crippen LogP contribution in [-0.4, -0.2) is 26.0 Å². The van der Waals surface area contributed by atoms with Crippen molar-refractivity contribution < 1.29 is 4.74 Å². The third-order valence-corrected chi connectivity index (χ3v) is 5.99. The van der Waals surface area contributed by atoms with Gasteiger partial charge in [0.2, 0.25) is 5.88 Å². The molecule has 3 aromatic heterocycles. The minimum absolute atomic E-state index is 0.291. The molecule has 0 radical (unpaired) electrons. The summed E-state index contributed by atoms with van der Waals surface area (Å²) < 4.78 is 6.19. The van der Waals surface area contributed by atoms with Crippen molar-refractivity contribution in [1.29, 1.82) is 0 Å². The van der Waals surface area contributed by atoms with Gasteiger partial charge in [0.25, 0.3) is 0 Å². The smallest absolute Gasteiger partial charge is 0.216 e. The molecule has 0 saturated heterocycles. The molecule has 4 aromatic rings. The standard InChI is InChI=1S/C25H26N4O/c1-16-7-10-20(11-8-16)30-25-17(2)13-19(15-27-25)21-12-9-18(14-26-21)24-28-22-5-3-4-6-23(22)29-24/h3-6,9,12-16,20H,7-8,10-11H2,1-2H3,(H,28,29)/t16-,20+. The summed E-state index contributed by atoms with van der Waals surface area (Å²) in [6, 6.07) is 14.2. The van der Waals surface area contributed by atoms with Gasteiger partial charge in [-0.25, -0.2) is 9.97 Å². The van der Waals surface area contributed by atoms with Gasteiger partial charge in [-0.1, -0.05) is 19.1 Å². The summed E-state index contributed by atoms with van der Waals surface area (Å²) in [6.07, 6.45) is 8.72. The van der Waals surface area contributed by atoms with E-state index in [-0.39, 0.29) is 0 Å². The summed E-state index contributed by atoms with van der Waals surface area (Å²) in [4.78, 5) is 17.2. The highest BCUT2D eigenvalue weighted by molar-refractivity contribution is 5.79. The van der Waals surface area contributed by atoms with Crippen molar-refractivity contribution in [1.82, 2.24) is 19.9 Å². The molecular formula is C25H26N4O. The molecule has 1 aliphatic carbocycles. The third kappa shape index (κ3) is 3.80. The topological polar surface area (TPSA) is 63.7 Å². The molecule has 5 rings (SSSR count). The molecule has 0 amide bonds. The van der Waals surface area contributed by atoms with Crippen molar-refractivity contribution in [2.45, 2.75) is 45.6 Å². The molecule has 0 spiro atoms. The molecule has 1 fully saturated rings. The van der Waals surface area contributed by atoms with E-state index in [2.05, 4.69) is 39.8 Å². The molecule has 1 aromatic carbocycles. The van der Waals surface area contributed by atoms with Crippen LogP contribution in [0.5, 0.6) is 5.88 Å². The van der Waals surface area contributed by atoms with E-state index < -0.39 is 0 Å². The maximum Gasteiger partial charge on any atom is 0.216 e. The molecule has 5 nitrogen and oxygen atoms in total. The van der Waals surface area contributed by atoms with Crippen LogP contribution in [-0.2, 0) is 0 Å². The van der Waals surface area contributed by atoms with E-state index in [1.807, 2.05) is 48.8 Å². The van der Waals surface area contributed by atoms with Crippen LogP contribution in [0.2, 0.25) is 0 Å². The number of aryl methyl sites for hydroxylation is 1. The van der Waals surface area contributed by atoms with Crippen molar-refractivity contribution in [3.63, 3.8) is 0 Å². The summed E-state index contributed by atoms with van der Waals surface area (Å²) in [7, 11) is 0. The molecule has 1 saturated carbocycles. The lowest BCUT2D eigenvalue weighted by atomic mass is 9.89. The maximum absolute atomic E-state index is 6.19. The van der Waals surface area contributed by atoms with Crippen LogP contribution in [0.3, 0.4) is 0 Å². The first kappa shape index (κ1) is 18.8. The second-order valence-electron chi connectivity index (χ2n) is 8.38. The lowest BCUT2D eigenvalue weighted by Gasteiger charge is -2.26. The lowest BCUT2D eigenvalue weighted by Crippen LogP contribution is -2.23. The maximum atomic E-state index is 6.19. The number of rotatable bonds is 4. The van der Waals surface area contributed by atoms with Gasteiger partial charge in [0.05, 0.1) is 16.7 Å². The van der Waals surface area contributed by atoms with E-state index in [0.29, 0.717) is 6.10 Å². The summed E-state index contributed by atoms with van der Waals surface area (Å²) >= 11 is 0. The molecule has 0 unspecified atom stereocenters. The van der Waals surface area contributed by atoms with Crippen LogP contribution in [0, 0.1) is 12.8 Å². The van der Waals surface area contributed by atoms with Crippen LogP contribution >= 0.6 is 0 Å². The summed E-state index contributed by atoms with van der Waals surface area (Å²) in [5.74, 6) is 2.39. The number of hydrogen-bond donors (Lipinski definition) is 1. The van der Waals surface area contributed by atoms with Crippen LogP contribution in [0.1, 0.15) is 38.2 Å². The Morgan fingerprint density at radius 1 is 0.933 bits per heavy atom. The van der Waals surface area contributed by atoms with Crippen molar-refractivity contribution >= 4 is 11.0 Å². The van der Waals surface area contributed by atoms with E-state index in [9.17, 15) is 0 Å². The van der Waals surface area contributed by atoms with E-state index in [0.717, 1.165) is 63.9 Å². The highest BCUT2D eigenvalue weighted by Gasteiger charge is 2.20. The first-order valence-corrected chi connectivity index (χ1v) is 10.7. The molecule has 0 atom stereocenters. The molecule has 0 aliphatic heterocycles. The number of aromatic nitrogens is 4. The Balaban J connectivity index is 1.33. The molecule has 5 heteroatoms. The van der Waals surface area contributed by atoms with Gasteiger partial charge in [0, 0.05) is 29.1 Å². The number of aromatic amines is 1. The number of nitrogens with zero attached hydrogens (tertiary/aromatic N) is 3. The fraction of sp³-hybridized carbons (Fsp3) is 0.320. The fourth-order valence-corrected chi connectivity index (χ4v) is 4.13. The SMILES string of the molecule is Cc1cc(-c2ccc(-c3nc4ccccc4[nH]3)cn2)cnc1O[C@H]1CC[C@@H](C)CC1. The number of para-hydroxylation sites is 2. The Labute approximate surface area is 176 Å². The van der Waals surface area contributed by atoms with Gasteiger partial charge >= 0.3 is 0 Å². The molecule has 1 aliphatic rings. The summed E-state index contributed by atoms with van der Waals surface area (Å²) in [5, 5.41) is 0. The molecule has 0 bridgehead atoms. The average Bonchev–Trinajstić information content (AvgIpc) is 3.21. The number of pyridine rings is 2. The molecule has 1 N–H and O–H groups in total. The number of nitrogens with one attached hydrogen (secondary N) is 1. The predicted octanol–water partition coefficient (Wildman–Crippen LogP) is 5.95. The van der Waals surface area contributed by atoms with Gasteiger partial charge in [-0.2, -0.15) is 0 Å². The highest BCUT2D eigenvalue weighted by atomic mass is 16.5.